The third kappa shape index (κ3) is 3.30. The van der Waals surface area contributed by atoms with E-state index >= 15 is 0 Å². The van der Waals surface area contributed by atoms with Crippen LogP contribution in [0.4, 0.5) is 0 Å². The predicted octanol–water partition coefficient (Wildman–Crippen LogP) is 3.07. The second-order valence-electron chi connectivity index (χ2n) is 7.57. The molecule has 27 heavy (non-hydrogen) atoms. The molecule has 0 spiro atoms. The number of ether oxygens (including phenoxy) is 1. The van der Waals surface area contributed by atoms with E-state index in [9.17, 15) is 4.79 Å². The normalized spacial score (nSPS) is 20.5. The van der Waals surface area contributed by atoms with Crippen molar-refractivity contribution in [3.05, 3.63) is 41.2 Å². The van der Waals surface area contributed by atoms with Crippen LogP contribution in [-0.2, 0) is 16.0 Å². The van der Waals surface area contributed by atoms with Crippen LogP contribution in [0.3, 0.4) is 0 Å². The van der Waals surface area contributed by atoms with Crippen LogP contribution in [0.15, 0.2) is 24.3 Å². The first-order chi connectivity index (χ1) is 12.9. The van der Waals surface area contributed by atoms with Crippen molar-refractivity contribution in [2.24, 2.45) is 0 Å². The zero-order chi connectivity index (χ0) is 19.1. The van der Waals surface area contributed by atoms with Crippen LogP contribution in [-0.4, -0.2) is 50.7 Å². The van der Waals surface area contributed by atoms with Crippen molar-refractivity contribution in [1.29, 1.82) is 0 Å². The zero-order valence-corrected chi connectivity index (χ0v) is 16.4. The van der Waals surface area contributed by atoms with Gasteiger partial charge in [0.15, 0.2) is 5.65 Å². The van der Waals surface area contributed by atoms with Gasteiger partial charge in [0, 0.05) is 36.3 Å². The Bertz CT molecular complexity index is 1000. The Morgan fingerprint density at radius 1 is 1.19 bits per heavy atom. The highest BCUT2D eigenvalue weighted by atomic mass is 16.5. The van der Waals surface area contributed by atoms with Gasteiger partial charge in [-0.05, 0) is 51.8 Å². The van der Waals surface area contributed by atoms with E-state index in [2.05, 4.69) is 6.92 Å². The van der Waals surface area contributed by atoms with Crippen molar-refractivity contribution < 1.29 is 9.53 Å². The summed E-state index contributed by atoms with van der Waals surface area (Å²) in [6, 6.07) is 8.05. The van der Waals surface area contributed by atoms with E-state index < -0.39 is 0 Å². The first-order valence-corrected chi connectivity index (χ1v) is 9.61. The van der Waals surface area contributed by atoms with Crippen LogP contribution in [0, 0.1) is 13.8 Å². The van der Waals surface area contributed by atoms with Crippen molar-refractivity contribution in [2.75, 3.05) is 13.1 Å². The van der Waals surface area contributed by atoms with Gasteiger partial charge in [-0.15, -0.1) is 0 Å². The van der Waals surface area contributed by atoms with Gasteiger partial charge in [0.1, 0.15) is 0 Å². The SMILES string of the molecule is Cc1nc2c3ccccc3nn2c(C)c1CCC(=O)N1CC(C)OC(C)C1. The summed E-state index contributed by atoms with van der Waals surface area (Å²) in [6.45, 7) is 9.46. The molecule has 2 atom stereocenters. The summed E-state index contributed by atoms with van der Waals surface area (Å²) < 4.78 is 7.64. The van der Waals surface area contributed by atoms with Crippen molar-refractivity contribution in [3.8, 4) is 0 Å². The van der Waals surface area contributed by atoms with Gasteiger partial charge in [0.2, 0.25) is 5.91 Å². The molecule has 1 saturated heterocycles. The number of carbonyl (C=O) groups excluding carboxylic acids is 1. The number of aromatic nitrogens is 3. The Morgan fingerprint density at radius 2 is 1.89 bits per heavy atom. The van der Waals surface area contributed by atoms with E-state index in [1.807, 2.05) is 54.5 Å². The third-order valence-corrected chi connectivity index (χ3v) is 5.38. The minimum Gasteiger partial charge on any atom is -0.372 e. The molecule has 1 aliphatic heterocycles. The lowest BCUT2D eigenvalue weighted by molar-refractivity contribution is -0.143. The summed E-state index contributed by atoms with van der Waals surface area (Å²) in [5.41, 5.74) is 4.97. The lowest BCUT2D eigenvalue weighted by Gasteiger charge is -2.35. The highest BCUT2D eigenvalue weighted by Crippen LogP contribution is 2.23. The summed E-state index contributed by atoms with van der Waals surface area (Å²) in [4.78, 5) is 19.4. The zero-order valence-electron chi connectivity index (χ0n) is 16.4. The van der Waals surface area contributed by atoms with E-state index in [-0.39, 0.29) is 18.1 Å². The predicted molar refractivity (Wildman–Crippen MR) is 105 cm³/mol. The van der Waals surface area contributed by atoms with Gasteiger partial charge in [-0.1, -0.05) is 12.1 Å². The summed E-state index contributed by atoms with van der Waals surface area (Å²) in [5, 5.41) is 5.75. The van der Waals surface area contributed by atoms with Crippen LogP contribution in [0.25, 0.3) is 16.6 Å². The minimum atomic E-state index is 0.0932. The fourth-order valence-electron chi connectivity index (χ4n) is 4.11. The summed E-state index contributed by atoms with van der Waals surface area (Å²) >= 11 is 0. The molecule has 1 amide bonds. The average Bonchev–Trinajstić information content (AvgIpc) is 2.99. The number of benzene rings is 1. The van der Waals surface area contributed by atoms with E-state index in [1.54, 1.807) is 0 Å². The Hall–Kier alpha value is -2.47. The molecule has 0 bridgehead atoms. The van der Waals surface area contributed by atoms with Crippen LogP contribution in [0.2, 0.25) is 0 Å². The molecule has 6 heteroatoms. The van der Waals surface area contributed by atoms with E-state index in [1.165, 1.54) is 0 Å². The van der Waals surface area contributed by atoms with Crippen LogP contribution in [0.5, 0.6) is 0 Å². The summed E-state index contributed by atoms with van der Waals surface area (Å²) in [6.07, 6.45) is 1.34. The number of amides is 1. The molecule has 2 unspecified atom stereocenters. The van der Waals surface area contributed by atoms with Gasteiger partial charge in [0.25, 0.3) is 0 Å². The number of morpholine rings is 1. The minimum absolute atomic E-state index is 0.0932. The maximum absolute atomic E-state index is 12.7. The summed E-state index contributed by atoms with van der Waals surface area (Å²) in [7, 11) is 0. The van der Waals surface area contributed by atoms with Crippen molar-refractivity contribution >= 4 is 22.5 Å². The van der Waals surface area contributed by atoms with E-state index in [0.717, 1.165) is 33.5 Å². The topological polar surface area (TPSA) is 59.7 Å². The monoisotopic (exact) mass is 366 g/mol. The largest absolute Gasteiger partial charge is 0.372 e. The van der Waals surface area contributed by atoms with Crippen LogP contribution in [0.1, 0.15) is 37.2 Å². The fourth-order valence-corrected chi connectivity index (χ4v) is 4.11. The van der Waals surface area contributed by atoms with Crippen LogP contribution < -0.4 is 0 Å². The van der Waals surface area contributed by atoms with Crippen molar-refractivity contribution in [1.82, 2.24) is 19.5 Å². The lowest BCUT2D eigenvalue weighted by Crippen LogP contribution is -2.48. The number of hydrogen-bond acceptors (Lipinski definition) is 4. The smallest absolute Gasteiger partial charge is 0.223 e. The Morgan fingerprint density at radius 3 is 2.63 bits per heavy atom. The van der Waals surface area contributed by atoms with Crippen LogP contribution >= 0.6 is 0 Å². The average molecular weight is 366 g/mol. The quantitative estimate of drug-likeness (QED) is 0.715. The lowest BCUT2D eigenvalue weighted by atomic mass is 10.1. The molecular weight excluding hydrogens is 340 g/mol. The fraction of sp³-hybridized carbons (Fsp3) is 0.476. The number of hydrogen-bond donors (Lipinski definition) is 0. The van der Waals surface area contributed by atoms with Gasteiger partial charge in [0.05, 0.1) is 17.7 Å². The number of rotatable bonds is 3. The van der Waals surface area contributed by atoms with Gasteiger partial charge < -0.3 is 9.64 Å². The highest BCUT2D eigenvalue weighted by Gasteiger charge is 2.26. The standard InChI is InChI=1S/C21H26N4O2/c1-13-11-24(12-14(2)27-13)20(26)10-9-17-15(3)22-21-18-7-5-6-8-19(18)23-25(21)16(17)4/h5-8,13-14H,9-12H2,1-4H3. The second-order valence-corrected chi connectivity index (χ2v) is 7.57. The maximum atomic E-state index is 12.7. The molecule has 142 valence electrons. The Balaban J connectivity index is 1.58. The molecule has 0 saturated carbocycles. The molecule has 4 rings (SSSR count). The van der Waals surface area contributed by atoms with E-state index in [4.69, 9.17) is 14.8 Å². The Labute approximate surface area is 159 Å². The second kappa shape index (κ2) is 6.93. The number of nitrogens with zero attached hydrogens (tertiary/aromatic N) is 4. The number of carbonyl (C=O) groups is 1. The molecule has 1 aliphatic rings. The molecule has 3 heterocycles. The van der Waals surface area contributed by atoms with Gasteiger partial charge >= 0.3 is 0 Å². The Kier molecular flexibility index (Phi) is 4.60. The van der Waals surface area contributed by atoms with Crippen molar-refractivity contribution in [3.63, 3.8) is 0 Å². The maximum Gasteiger partial charge on any atom is 0.223 e. The molecule has 6 nitrogen and oxygen atoms in total. The molecule has 0 N–H and O–H groups in total. The van der Waals surface area contributed by atoms with Gasteiger partial charge in [-0.2, -0.15) is 5.10 Å². The summed E-state index contributed by atoms with van der Waals surface area (Å²) in [5.74, 6) is 0.182. The third-order valence-electron chi connectivity index (χ3n) is 5.38. The molecular formula is C21H26N4O2. The molecule has 1 aromatic carbocycles. The first kappa shape index (κ1) is 17.9. The van der Waals surface area contributed by atoms with Gasteiger partial charge in [-0.25, -0.2) is 9.50 Å². The molecule has 3 aromatic rings. The van der Waals surface area contributed by atoms with E-state index in [0.29, 0.717) is 25.9 Å². The first-order valence-electron chi connectivity index (χ1n) is 9.61. The highest BCUT2D eigenvalue weighted by molar-refractivity contribution is 5.92. The molecule has 2 aromatic heterocycles. The number of aryl methyl sites for hydroxylation is 2. The molecule has 0 radical (unpaired) electrons. The molecule has 1 fully saturated rings. The number of fused-ring (bicyclic) bond motifs is 3. The molecule has 0 aliphatic carbocycles. The van der Waals surface area contributed by atoms with Gasteiger partial charge in [-0.3, -0.25) is 4.79 Å². The van der Waals surface area contributed by atoms with Crippen molar-refractivity contribution in [2.45, 2.75) is 52.7 Å².